The molecule has 1 aromatic rings. The van der Waals surface area contributed by atoms with E-state index < -0.39 is 0 Å². The number of benzene rings is 1. The molecular weight excluding hydrogens is 610 g/mol. The minimum absolute atomic E-state index is 0.0216. The van der Waals surface area contributed by atoms with E-state index in [2.05, 4.69) is 44.7 Å². The van der Waals surface area contributed by atoms with Crippen molar-refractivity contribution in [1.82, 2.24) is 4.90 Å². The number of hydrogen-bond acceptors (Lipinski definition) is 6. The first-order chi connectivity index (χ1) is 24.0. The smallest absolute Gasteiger partial charge is 0.328 e. The predicted octanol–water partition coefficient (Wildman–Crippen LogP) is 11.3. The summed E-state index contributed by atoms with van der Waals surface area (Å²) in [5, 5.41) is 9.95. The number of unbranched alkanes of at least 4 members (excludes halogenated alkanes) is 17. The molecule has 6 nitrogen and oxygen atoms in total. The summed E-state index contributed by atoms with van der Waals surface area (Å²) in [6.45, 7) is 10.7. The zero-order valence-corrected chi connectivity index (χ0v) is 32.6. The number of aliphatic hydroxyl groups is 1. The third kappa shape index (κ3) is 23.2. The van der Waals surface area contributed by atoms with E-state index in [1.54, 1.807) is 0 Å². The number of aryl methyl sites for hydroxylation is 2. The number of hydrogen-bond donors (Lipinski definition) is 1. The lowest BCUT2D eigenvalue weighted by molar-refractivity contribution is -0.144. The Morgan fingerprint density at radius 1 is 0.633 bits per heavy atom. The van der Waals surface area contributed by atoms with Crippen molar-refractivity contribution in [3.63, 3.8) is 0 Å². The van der Waals surface area contributed by atoms with E-state index in [-0.39, 0.29) is 24.6 Å². The van der Waals surface area contributed by atoms with E-state index in [1.165, 1.54) is 75.3 Å². The molecule has 1 rings (SSSR count). The van der Waals surface area contributed by atoms with Gasteiger partial charge in [-0.3, -0.25) is 9.69 Å². The van der Waals surface area contributed by atoms with E-state index in [0.717, 1.165) is 103 Å². The molecule has 6 heteroatoms. The molecule has 0 bridgehead atoms. The third-order valence-electron chi connectivity index (χ3n) is 9.76. The van der Waals surface area contributed by atoms with Gasteiger partial charge in [0.15, 0.2) is 0 Å². The summed E-state index contributed by atoms with van der Waals surface area (Å²) in [7, 11) is 0. The molecule has 49 heavy (non-hydrogen) atoms. The Kier molecular flexibility index (Phi) is 29.5. The van der Waals surface area contributed by atoms with Crippen molar-refractivity contribution in [1.29, 1.82) is 0 Å². The molecule has 0 aromatic heterocycles. The van der Waals surface area contributed by atoms with Crippen LogP contribution >= 0.6 is 0 Å². The number of nitrogens with zero attached hydrogens (tertiary/aromatic N) is 1. The van der Waals surface area contributed by atoms with Crippen LogP contribution in [0, 0.1) is 0 Å². The zero-order valence-electron chi connectivity index (χ0n) is 32.6. The van der Waals surface area contributed by atoms with E-state index in [1.807, 2.05) is 6.07 Å². The van der Waals surface area contributed by atoms with E-state index in [9.17, 15) is 14.7 Å². The molecule has 0 radical (unpaired) electrons. The predicted molar refractivity (Wildman–Crippen MR) is 206 cm³/mol. The van der Waals surface area contributed by atoms with Gasteiger partial charge in [0.2, 0.25) is 0 Å². The number of aliphatic hydroxyl groups excluding tert-OH is 1. The maximum Gasteiger partial charge on any atom is 0.328 e. The first-order valence-electron chi connectivity index (χ1n) is 20.8. The van der Waals surface area contributed by atoms with Gasteiger partial charge >= 0.3 is 11.9 Å². The normalized spacial score (nSPS) is 12.0. The monoisotopic (exact) mass is 688 g/mol. The Balaban J connectivity index is 2.64. The van der Waals surface area contributed by atoms with Gasteiger partial charge in [0.1, 0.15) is 11.8 Å². The van der Waals surface area contributed by atoms with Crippen LogP contribution in [0.3, 0.4) is 0 Å². The fourth-order valence-electron chi connectivity index (χ4n) is 6.66. The van der Waals surface area contributed by atoms with Crippen molar-refractivity contribution in [2.45, 2.75) is 201 Å². The van der Waals surface area contributed by atoms with Crippen molar-refractivity contribution in [3.05, 3.63) is 29.3 Å². The fraction of sp³-hybridized carbons (Fsp3) is 0.814. The average Bonchev–Trinajstić information content (AvgIpc) is 3.09. The van der Waals surface area contributed by atoms with Crippen LogP contribution in [0.25, 0.3) is 0 Å². The summed E-state index contributed by atoms with van der Waals surface area (Å²) in [5.74, 6) is 0.390. The molecule has 0 amide bonds. The SMILES string of the molecule is CCCCCCCCCOC(=O)CCCCCCCN(CCO)C(CCCCCC)C(=O)Oc1ccc(CCCCC)c(CCCCC)c1. The van der Waals surface area contributed by atoms with Crippen LogP contribution in [0.15, 0.2) is 18.2 Å². The molecule has 1 unspecified atom stereocenters. The second-order valence-electron chi connectivity index (χ2n) is 14.3. The summed E-state index contributed by atoms with van der Waals surface area (Å²) in [4.78, 5) is 28.0. The van der Waals surface area contributed by atoms with Crippen molar-refractivity contribution in [2.24, 2.45) is 0 Å². The van der Waals surface area contributed by atoms with Gasteiger partial charge in [-0.05, 0) is 81.2 Å². The molecule has 0 saturated heterocycles. The molecule has 0 aliphatic heterocycles. The highest BCUT2D eigenvalue weighted by atomic mass is 16.5. The van der Waals surface area contributed by atoms with Crippen LogP contribution in [0.1, 0.15) is 193 Å². The van der Waals surface area contributed by atoms with Crippen molar-refractivity contribution >= 4 is 11.9 Å². The fourth-order valence-corrected chi connectivity index (χ4v) is 6.66. The standard InChI is InChI=1S/C43H77NO5/c1-5-9-13-15-16-20-26-36-48-42(46)30-24-18-17-19-25-33-44(34-35-45)41(29-23-14-10-6-2)43(47)49-40-32-31-38(27-21-11-7-3)39(37-40)28-22-12-8-4/h31-32,37,41,45H,5-30,33-36H2,1-4H3. The molecule has 1 N–H and O–H groups in total. The molecule has 0 aliphatic rings. The van der Waals surface area contributed by atoms with Crippen molar-refractivity contribution in [2.75, 3.05) is 26.3 Å². The highest BCUT2D eigenvalue weighted by Crippen LogP contribution is 2.24. The Labute approximate surface area is 302 Å². The number of rotatable bonds is 34. The van der Waals surface area contributed by atoms with Gasteiger partial charge in [0.05, 0.1) is 13.2 Å². The van der Waals surface area contributed by atoms with E-state index in [4.69, 9.17) is 9.47 Å². The molecule has 0 fully saturated rings. The Morgan fingerprint density at radius 3 is 1.84 bits per heavy atom. The Bertz CT molecular complexity index is 935. The molecule has 1 atom stereocenters. The minimum atomic E-state index is -0.358. The third-order valence-corrected chi connectivity index (χ3v) is 9.76. The van der Waals surface area contributed by atoms with Gasteiger partial charge in [0, 0.05) is 13.0 Å². The van der Waals surface area contributed by atoms with Crippen molar-refractivity contribution < 1.29 is 24.2 Å². The average molecular weight is 688 g/mol. The largest absolute Gasteiger partial charge is 0.466 e. The van der Waals surface area contributed by atoms with Gasteiger partial charge in [0.25, 0.3) is 0 Å². The summed E-state index contributed by atoms with van der Waals surface area (Å²) >= 11 is 0. The molecule has 0 saturated carbocycles. The molecule has 284 valence electrons. The number of ether oxygens (including phenoxy) is 2. The van der Waals surface area contributed by atoms with Crippen LogP contribution in [0.2, 0.25) is 0 Å². The Morgan fingerprint density at radius 2 is 1.18 bits per heavy atom. The summed E-state index contributed by atoms with van der Waals surface area (Å²) < 4.78 is 11.6. The van der Waals surface area contributed by atoms with Gasteiger partial charge in [-0.15, -0.1) is 0 Å². The lowest BCUT2D eigenvalue weighted by Crippen LogP contribution is -2.45. The highest BCUT2D eigenvalue weighted by molar-refractivity contribution is 5.78. The molecule has 1 aromatic carbocycles. The quantitative estimate of drug-likeness (QED) is 0.0441. The number of carbonyl (C=O) groups is 2. The minimum Gasteiger partial charge on any atom is -0.466 e. The van der Waals surface area contributed by atoms with Crippen LogP contribution < -0.4 is 4.74 Å². The lowest BCUT2D eigenvalue weighted by atomic mass is 9.97. The summed E-state index contributed by atoms with van der Waals surface area (Å²) in [6, 6.07) is 5.92. The number of carbonyl (C=O) groups excluding carboxylic acids is 2. The maximum absolute atomic E-state index is 13.8. The van der Waals surface area contributed by atoms with Crippen molar-refractivity contribution in [3.8, 4) is 5.75 Å². The van der Waals surface area contributed by atoms with Crippen LogP contribution in [-0.4, -0.2) is 54.3 Å². The van der Waals surface area contributed by atoms with Gasteiger partial charge in [-0.1, -0.05) is 143 Å². The van der Waals surface area contributed by atoms with E-state index >= 15 is 0 Å². The van der Waals surface area contributed by atoms with Crippen LogP contribution in [0.4, 0.5) is 0 Å². The topological polar surface area (TPSA) is 76.1 Å². The first-order valence-corrected chi connectivity index (χ1v) is 20.8. The summed E-state index contributed by atoms with van der Waals surface area (Å²) in [6.07, 6.45) is 28.4. The highest BCUT2D eigenvalue weighted by Gasteiger charge is 2.27. The van der Waals surface area contributed by atoms with Gasteiger partial charge in [-0.25, -0.2) is 4.79 Å². The number of esters is 2. The van der Waals surface area contributed by atoms with Gasteiger partial charge < -0.3 is 14.6 Å². The molecular formula is C43H77NO5. The maximum atomic E-state index is 13.8. The summed E-state index contributed by atoms with van der Waals surface area (Å²) in [5.41, 5.74) is 2.71. The van der Waals surface area contributed by atoms with Crippen LogP contribution in [0.5, 0.6) is 5.75 Å². The molecule has 0 spiro atoms. The van der Waals surface area contributed by atoms with Crippen LogP contribution in [-0.2, 0) is 27.2 Å². The van der Waals surface area contributed by atoms with E-state index in [0.29, 0.717) is 25.3 Å². The molecule has 0 aliphatic carbocycles. The second kappa shape index (κ2) is 32.0. The van der Waals surface area contributed by atoms with Gasteiger partial charge in [-0.2, -0.15) is 0 Å². The first kappa shape index (κ1) is 45.1. The molecule has 0 heterocycles. The second-order valence-corrected chi connectivity index (χ2v) is 14.3. The Hall–Kier alpha value is -1.92. The lowest BCUT2D eigenvalue weighted by Gasteiger charge is -2.30. The zero-order chi connectivity index (χ0) is 35.8.